The number of ether oxygens (including phenoxy) is 3. The Kier molecular flexibility index (Phi) is 4.91. The van der Waals surface area contributed by atoms with E-state index in [1.807, 2.05) is 29.0 Å². The van der Waals surface area contributed by atoms with Gasteiger partial charge in [0, 0.05) is 41.6 Å². The lowest BCUT2D eigenvalue weighted by Crippen LogP contribution is -2.13. The van der Waals surface area contributed by atoms with E-state index in [1.165, 1.54) is 6.07 Å². The highest BCUT2D eigenvalue weighted by atomic mass is 19.1. The summed E-state index contributed by atoms with van der Waals surface area (Å²) in [4.78, 5) is 0. The van der Waals surface area contributed by atoms with Gasteiger partial charge < -0.3 is 19.5 Å². The summed E-state index contributed by atoms with van der Waals surface area (Å²) < 4.78 is 36.0. The minimum absolute atomic E-state index is 0.0474. The maximum atomic E-state index is 14.8. The monoisotopic (exact) mass is 464 g/mol. The summed E-state index contributed by atoms with van der Waals surface area (Å²) >= 11 is 0. The molecule has 4 aromatic rings. The number of halogens is 1. The van der Waals surface area contributed by atoms with Gasteiger partial charge in [-0.05, 0) is 32.0 Å². The molecule has 0 fully saturated rings. The third kappa shape index (κ3) is 3.12. The summed E-state index contributed by atoms with van der Waals surface area (Å²) in [6, 6.07) is 5.14. The van der Waals surface area contributed by atoms with Crippen molar-refractivity contribution in [2.24, 2.45) is 0 Å². The predicted molar refractivity (Wildman–Crippen MR) is 123 cm³/mol. The third-order valence-electron chi connectivity index (χ3n) is 6.68. The van der Waals surface area contributed by atoms with Gasteiger partial charge in [0.05, 0.1) is 38.0 Å². The van der Waals surface area contributed by atoms with Crippen molar-refractivity contribution in [2.45, 2.75) is 32.9 Å². The van der Waals surface area contributed by atoms with Crippen LogP contribution in [0.3, 0.4) is 0 Å². The highest BCUT2D eigenvalue weighted by Gasteiger charge is 2.32. The number of methoxy groups -OCH3 is 1. The van der Waals surface area contributed by atoms with Crippen LogP contribution in [-0.2, 0) is 17.8 Å². The van der Waals surface area contributed by atoms with Crippen LogP contribution in [0.4, 0.5) is 10.2 Å². The summed E-state index contributed by atoms with van der Waals surface area (Å²) in [5.74, 6) is 1.75. The highest BCUT2D eigenvalue weighted by molar-refractivity contribution is 5.84. The molecule has 0 amide bonds. The van der Waals surface area contributed by atoms with E-state index in [2.05, 4.69) is 15.5 Å². The molecule has 0 bridgehead atoms. The van der Waals surface area contributed by atoms with Crippen LogP contribution in [0.15, 0.2) is 24.5 Å². The van der Waals surface area contributed by atoms with Crippen molar-refractivity contribution in [3.05, 3.63) is 52.9 Å². The van der Waals surface area contributed by atoms with Crippen LogP contribution in [0.2, 0.25) is 0 Å². The van der Waals surface area contributed by atoms with E-state index in [4.69, 9.17) is 19.3 Å². The van der Waals surface area contributed by atoms with E-state index >= 15 is 0 Å². The molecule has 34 heavy (non-hydrogen) atoms. The second-order valence-electron chi connectivity index (χ2n) is 8.67. The Morgan fingerprint density at radius 3 is 2.85 bits per heavy atom. The summed E-state index contributed by atoms with van der Waals surface area (Å²) in [5.41, 5.74) is 5.92. The van der Waals surface area contributed by atoms with Crippen molar-refractivity contribution >= 4 is 11.5 Å². The Bertz CT molecular complexity index is 1410. The van der Waals surface area contributed by atoms with Gasteiger partial charge in [-0.15, -0.1) is 10.2 Å². The number of anilines is 1. The number of fused-ring (bicyclic) bond motifs is 3. The van der Waals surface area contributed by atoms with Gasteiger partial charge >= 0.3 is 0 Å². The Hall–Kier alpha value is -3.66. The predicted octanol–water partition coefficient (Wildman–Crippen LogP) is 3.48. The van der Waals surface area contributed by atoms with E-state index in [-0.39, 0.29) is 11.7 Å². The van der Waals surface area contributed by atoms with Gasteiger partial charge in [-0.3, -0.25) is 9.08 Å². The molecular formula is C24H25FN6O3. The first-order valence-corrected chi connectivity index (χ1v) is 11.3. The summed E-state index contributed by atoms with van der Waals surface area (Å²) in [7, 11) is 1.68. The minimum atomic E-state index is -0.253. The molecule has 10 heteroatoms. The SMILES string of the molecule is COCCn1nc(C)c(-c2cc3c(n4cnnc24)NCc2c(F)ccc4c2[C@H](CO4)CO3)c1C. The lowest BCUT2D eigenvalue weighted by atomic mass is 9.96. The molecule has 6 rings (SSSR count). The highest BCUT2D eigenvalue weighted by Crippen LogP contribution is 2.42. The number of nitrogens with zero attached hydrogens (tertiary/aromatic N) is 5. The standard InChI is InChI=1S/C24H25FN6O3/c1-13-21(14(2)31(29-13)6-7-32-3)16-8-20-24(30-12-27-28-23(16)30)26-9-17-18(25)4-5-19-22(17)15(10-33-19)11-34-20/h4-5,8,12,15,26H,6-7,9-11H2,1-3H3/t15-/m1/s1. The Morgan fingerprint density at radius 2 is 2.03 bits per heavy atom. The fourth-order valence-electron chi connectivity index (χ4n) is 5.05. The lowest BCUT2D eigenvalue weighted by Gasteiger charge is -2.17. The van der Waals surface area contributed by atoms with Crippen LogP contribution >= 0.6 is 0 Å². The molecule has 176 valence electrons. The molecular weight excluding hydrogens is 439 g/mol. The zero-order chi connectivity index (χ0) is 23.4. The quantitative estimate of drug-likeness (QED) is 0.495. The van der Waals surface area contributed by atoms with Crippen LogP contribution in [0, 0.1) is 19.7 Å². The van der Waals surface area contributed by atoms with E-state index in [9.17, 15) is 4.39 Å². The third-order valence-corrected chi connectivity index (χ3v) is 6.68. The largest absolute Gasteiger partial charge is 0.493 e. The fraction of sp³-hybridized carbons (Fsp3) is 0.375. The molecule has 0 unspecified atom stereocenters. The van der Waals surface area contributed by atoms with Gasteiger partial charge in [0.25, 0.3) is 0 Å². The van der Waals surface area contributed by atoms with Crippen molar-refractivity contribution in [3.63, 3.8) is 0 Å². The molecule has 0 saturated carbocycles. The van der Waals surface area contributed by atoms with Crippen molar-refractivity contribution < 1.29 is 18.6 Å². The zero-order valence-electron chi connectivity index (χ0n) is 19.3. The number of aryl methyl sites for hydroxylation is 1. The second kappa shape index (κ2) is 7.98. The maximum absolute atomic E-state index is 14.8. The zero-order valence-corrected chi connectivity index (χ0v) is 19.3. The Labute approximate surface area is 195 Å². The van der Waals surface area contributed by atoms with Crippen molar-refractivity contribution in [3.8, 4) is 22.6 Å². The molecule has 2 aliphatic rings. The number of pyridine rings is 1. The number of aromatic nitrogens is 5. The van der Waals surface area contributed by atoms with E-state index in [1.54, 1.807) is 19.5 Å². The van der Waals surface area contributed by atoms with E-state index in [0.29, 0.717) is 55.7 Å². The Balaban J connectivity index is 1.49. The molecule has 3 aromatic heterocycles. The van der Waals surface area contributed by atoms with Crippen LogP contribution in [0.25, 0.3) is 16.8 Å². The first-order chi connectivity index (χ1) is 16.6. The molecule has 1 N–H and O–H groups in total. The Morgan fingerprint density at radius 1 is 1.21 bits per heavy atom. The lowest BCUT2D eigenvalue weighted by molar-refractivity contribution is 0.182. The first kappa shape index (κ1) is 20.9. The average molecular weight is 465 g/mol. The van der Waals surface area contributed by atoms with Gasteiger partial charge in [0.1, 0.15) is 17.9 Å². The molecule has 1 atom stereocenters. The fourth-order valence-corrected chi connectivity index (χ4v) is 5.05. The van der Waals surface area contributed by atoms with Crippen LogP contribution < -0.4 is 14.8 Å². The minimum Gasteiger partial charge on any atom is -0.493 e. The van der Waals surface area contributed by atoms with E-state index < -0.39 is 0 Å². The van der Waals surface area contributed by atoms with Crippen LogP contribution in [-0.4, -0.2) is 51.3 Å². The normalized spacial score (nSPS) is 16.6. The smallest absolute Gasteiger partial charge is 0.170 e. The number of benzene rings is 1. The molecule has 2 aliphatic heterocycles. The summed E-state index contributed by atoms with van der Waals surface area (Å²) in [5, 5.41) is 16.6. The van der Waals surface area contributed by atoms with Gasteiger partial charge in [-0.1, -0.05) is 0 Å². The topological polar surface area (TPSA) is 87.7 Å². The van der Waals surface area contributed by atoms with Crippen molar-refractivity contribution in [1.82, 2.24) is 24.4 Å². The van der Waals surface area contributed by atoms with Gasteiger partial charge in [0.2, 0.25) is 0 Å². The number of nitrogens with one attached hydrogen (secondary N) is 1. The molecule has 0 saturated heterocycles. The number of hydrogen-bond donors (Lipinski definition) is 1. The molecule has 5 heterocycles. The van der Waals surface area contributed by atoms with Crippen molar-refractivity contribution in [1.29, 1.82) is 0 Å². The second-order valence-corrected chi connectivity index (χ2v) is 8.67. The molecule has 0 aliphatic carbocycles. The summed E-state index contributed by atoms with van der Waals surface area (Å²) in [6.45, 7) is 6.38. The van der Waals surface area contributed by atoms with Crippen LogP contribution in [0.5, 0.6) is 11.5 Å². The molecule has 0 spiro atoms. The van der Waals surface area contributed by atoms with E-state index in [0.717, 1.165) is 33.8 Å². The van der Waals surface area contributed by atoms with Crippen molar-refractivity contribution in [2.75, 3.05) is 32.2 Å². The van der Waals surface area contributed by atoms with Gasteiger partial charge in [-0.2, -0.15) is 5.10 Å². The maximum Gasteiger partial charge on any atom is 0.170 e. The first-order valence-electron chi connectivity index (χ1n) is 11.3. The average Bonchev–Trinajstić information content (AvgIpc) is 3.54. The molecule has 9 nitrogen and oxygen atoms in total. The molecule has 1 aromatic carbocycles. The number of hydrogen-bond acceptors (Lipinski definition) is 7. The summed E-state index contributed by atoms with van der Waals surface area (Å²) in [6.07, 6.45) is 1.64. The van der Waals surface area contributed by atoms with Gasteiger partial charge in [0.15, 0.2) is 17.2 Å². The van der Waals surface area contributed by atoms with Crippen LogP contribution in [0.1, 0.15) is 28.4 Å². The molecule has 0 radical (unpaired) electrons. The number of rotatable bonds is 4. The van der Waals surface area contributed by atoms with Gasteiger partial charge in [-0.25, -0.2) is 4.39 Å².